The fraction of sp³-hybridized carbons (Fsp3) is 0.733. The Morgan fingerprint density at radius 1 is 1.11 bits per heavy atom. The van der Waals surface area contributed by atoms with Gasteiger partial charge in [-0.3, -0.25) is 0 Å². The average molecular weight is 364 g/mol. The van der Waals surface area contributed by atoms with Crippen molar-refractivity contribution in [2.75, 3.05) is 17.6 Å². The molecule has 1 rings (SSSR count). The molecule has 0 unspecified atom stereocenters. The molecular formula is C15H25IO2. The van der Waals surface area contributed by atoms with E-state index in [4.69, 9.17) is 9.47 Å². The van der Waals surface area contributed by atoms with Crippen molar-refractivity contribution in [1.29, 1.82) is 0 Å². The molecule has 0 saturated carbocycles. The van der Waals surface area contributed by atoms with Gasteiger partial charge < -0.3 is 9.47 Å². The summed E-state index contributed by atoms with van der Waals surface area (Å²) in [6.07, 6.45) is 8.97. The third-order valence-corrected chi connectivity index (χ3v) is 4.43. The van der Waals surface area contributed by atoms with Gasteiger partial charge in [0, 0.05) is 10.8 Å². The molecule has 104 valence electrons. The fourth-order valence-electron chi connectivity index (χ4n) is 1.98. The number of ether oxygens (including phenoxy) is 2. The molecule has 1 saturated heterocycles. The molecule has 0 N–H and O–H groups in total. The topological polar surface area (TPSA) is 18.5 Å². The van der Waals surface area contributed by atoms with Crippen LogP contribution in [0.5, 0.6) is 0 Å². The van der Waals surface area contributed by atoms with Gasteiger partial charge in [-0.2, -0.15) is 0 Å². The highest BCUT2D eigenvalue weighted by Gasteiger charge is 2.29. The lowest BCUT2D eigenvalue weighted by Crippen LogP contribution is -2.24. The standard InChI is InChI=1S/C15H25IO2/c1-13(6-4-7-14(2)12-16)8-5-9-15(3)17-10-11-18-15/h7-8H,4-6,9-12H2,1-3H3/b13-8+,14-7+. The lowest BCUT2D eigenvalue weighted by Gasteiger charge is -2.21. The van der Waals surface area contributed by atoms with Gasteiger partial charge in [0.2, 0.25) is 0 Å². The van der Waals surface area contributed by atoms with Gasteiger partial charge in [0.1, 0.15) is 0 Å². The Bertz CT molecular complexity index is 302. The molecule has 3 heteroatoms. The molecule has 0 spiro atoms. The second-order valence-corrected chi connectivity index (χ2v) is 5.91. The van der Waals surface area contributed by atoms with Crippen molar-refractivity contribution in [3.63, 3.8) is 0 Å². The summed E-state index contributed by atoms with van der Waals surface area (Å²) >= 11 is 2.41. The van der Waals surface area contributed by atoms with Crippen molar-refractivity contribution < 1.29 is 9.47 Å². The summed E-state index contributed by atoms with van der Waals surface area (Å²) < 4.78 is 12.3. The number of hydrogen-bond acceptors (Lipinski definition) is 2. The van der Waals surface area contributed by atoms with E-state index in [1.165, 1.54) is 11.1 Å². The summed E-state index contributed by atoms with van der Waals surface area (Å²) in [7, 11) is 0. The van der Waals surface area contributed by atoms with Crippen LogP contribution in [0.25, 0.3) is 0 Å². The molecule has 1 fully saturated rings. The predicted molar refractivity (Wildman–Crippen MR) is 85.2 cm³/mol. The van der Waals surface area contributed by atoms with Gasteiger partial charge in [0.15, 0.2) is 5.79 Å². The van der Waals surface area contributed by atoms with Gasteiger partial charge >= 0.3 is 0 Å². The lowest BCUT2D eigenvalue weighted by atomic mass is 10.1. The molecule has 0 aromatic heterocycles. The van der Waals surface area contributed by atoms with Crippen molar-refractivity contribution in [1.82, 2.24) is 0 Å². The average Bonchev–Trinajstić information content (AvgIpc) is 2.76. The molecule has 0 aromatic rings. The Kier molecular flexibility index (Phi) is 7.49. The maximum atomic E-state index is 5.59. The van der Waals surface area contributed by atoms with Crippen LogP contribution in [-0.4, -0.2) is 23.4 Å². The van der Waals surface area contributed by atoms with E-state index >= 15 is 0 Å². The van der Waals surface area contributed by atoms with Crippen molar-refractivity contribution in [3.05, 3.63) is 23.3 Å². The highest BCUT2D eigenvalue weighted by molar-refractivity contribution is 14.1. The first-order valence-corrected chi connectivity index (χ1v) is 8.23. The third-order valence-electron chi connectivity index (χ3n) is 3.23. The molecule has 0 atom stereocenters. The smallest absolute Gasteiger partial charge is 0.166 e. The lowest BCUT2D eigenvalue weighted by molar-refractivity contribution is -0.145. The third kappa shape index (κ3) is 6.34. The summed E-state index contributed by atoms with van der Waals surface area (Å²) in [5.41, 5.74) is 2.94. The Balaban J connectivity index is 2.21. The van der Waals surface area contributed by atoms with Crippen LogP contribution >= 0.6 is 22.6 Å². The first-order valence-electron chi connectivity index (χ1n) is 6.71. The SMILES string of the molecule is C/C(=C\CC/C(C)=C/CCC1(C)OCCO1)CI. The second kappa shape index (κ2) is 8.33. The summed E-state index contributed by atoms with van der Waals surface area (Å²) in [5.74, 6) is -0.339. The van der Waals surface area contributed by atoms with E-state index < -0.39 is 0 Å². The predicted octanol–water partition coefficient (Wildman–Crippen LogP) is 4.64. The Labute approximate surface area is 125 Å². The zero-order valence-electron chi connectivity index (χ0n) is 11.8. The normalized spacial score (nSPS) is 20.4. The second-order valence-electron chi connectivity index (χ2n) is 5.14. The molecule has 0 radical (unpaired) electrons. The van der Waals surface area contributed by atoms with Gasteiger partial charge in [-0.05, 0) is 40.0 Å². The Morgan fingerprint density at radius 3 is 2.33 bits per heavy atom. The summed E-state index contributed by atoms with van der Waals surface area (Å²) in [6.45, 7) is 7.92. The molecule has 0 aliphatic carbocycles. The van der Waals surface area contributed by atoms with Crippen LogP contribution in [-0.2, 0) is 9.47 Å². The van der Waals surface area contributed by atoms with Crippen molar-refractivity contribution in [2.45, 2.75) is 52.2 Å². The van der Waals surface area contributed by atoms with Gasteiger partial charge in [0.05, 0.1) is 13.2 Å². The van der Waals surface area contributed by atoms with Crippen LogP contribution in [0.1, 0.15) is 46.5 Å². The molecule has 0 aromatic carbocycles. The summed E-state index contributed by atoms with van der Waals surface area (Å²) in [4.78, 5) is 0. The van der Waals surface area contributed by atoms with Crippen molar-refractivity contribution in [3.8, 4) is 0 Å². The number of allylic oxidation sites excluding steroid dienone is 4. The quantitative estimate of drug-likeness (QED) is 0.372. The maximum Gasteiger partial charge on any atom is 0.166 e. The highest BCUT2D eigenvalue weighted by Crippen LogP contribution is 2.24. The minimum atomic E-state index is -0.339. The minimum Gasteiger partial charge on any atom is -0.348 e. The number of rotatable bonds is 7. The molecular weight excluding hydrogens is 339 g/mol. The van der Waals surface area contributed by atoms with Crippen LogP contribution in [0.15, 0.2) is 23.3 Å². The number of alkyl halides is 1. The van der Waals surface area contributed by atoms with E-state index in [1.54, 1.807) is 0 Å². The zero-order chi connectivity index (χ0) is 13.4. The minimum absolute atomic E-state index is 0.339. The highest BCUT2D eigenvalue weighted by atomic mass is 127. The van der Waals surface area contributed by atoms with E-state index in [-0.39, 0.29) is 5.79 Å². The van der Waals surface area contributed by atoms with E-state index in [0.29, 0.717) is 0 Å². The Morgan fingerprint density at radius 2 is 1.72 bits per heavy atom. The molecule has 18 heavy (non-hydrogen) atoms. The molecule has 0 amide bonds. The molecule has 2 nitrogen and oxygen atoms in total. The van der Waals surface area contributed by atoms with E-state index in [1.807, 2.05) is 6.92 Å². The van der Waals surface area contributed by atoms with E-state index in [0.717, 1.165) is 43.3 Å². The van der Waals surface area contributed by atoms with Crippen molar-refractivity contribution >= 4 is 22.6 Å². The fourth-order valence-corrected chi connectivity index (χ4v) is 2.30. The first-order chi connectivity index (χ1) is 8.56. The maximum absolute atomic E-state index is 5.59. The molecule has 0 bridgehead atoms. The van der Waals surface area contributed by atoms with Gasteiger partial charge in [-0.1, -0.05) is 45.9 Å². The monoisotopic (exact) mass is 364 g/mol. The van der Waals surface area contributed by atoms with Gasteiger partial charge in [-0.15, -0.1) is 0 Å². The molecule has 1 aliphatic heterocycles. The van der Waals surface area contributed by atoms with Crippen molar-refractivity contribution in [2.24, 2.45) is 0 Å². The molecule has 1 heterocycles. The largest absolute Gasteiger partial charge is 0.348 e. The van der Waals surface area contributed by atoms with Gasteiger partial charge in [0.25, 0.3) is 0 Å². The first kappa shape index (κ1) is 16.2. The van der Waals surface area contributed by atoms with Crippen LogP contribution in [0.2, 0.25) is 0 Å². The number of hydrogen-bond donors (Lipinski definition) is 0. The van der Waals surface area contributed by atoms with Crippen LogP contribution in [0.4, 0.5) is 0 Å². The Hall–Kier alpha value is 0.130. The van der Waals surface area contributed by atoms with Gasteiger partial charge in [-0.25, -0.2) is 0 Å². The summed E-state index contributed by atoms with van der Waals surface area (Å²) in [5, 5.41) is 0. The molecule has 1 aliphatic rings. The summed E-state index contributed by atoms with van der Waals surface area (Å²) in [6, 6.07) is 0. The van der Waals surface area contributed by atoms with Crippen LogP contribution in [0, 0.1) is 0 Å². The number of halogens is 1. The van der Waals surface area contributed by atoms with E-state index in [9.17, 15) is 0 Å². The van der Waals surface area contributed by atoms with Crippen LogP contribution < -0.4 is 0 Å². The zero-order valence-corrected chi connectivity index (χ0v) is 14.0. The van der Waals surface area contributed by atoms with E-state index in [2.05, 4.69) is 48.6 Å². The van der Waals surface area contributed by atoms with Crippen LogP contribution in [0.3, 0.4) is 0 Å².